The van der Waals surface area contributed by atoms with Crippen molar-refractivity contribution in [3.05, 3.63) is 21.9 Å². The van der Waals surface area contributed by atoms with Gasteiger partial charge in [-0.2, -0.15) is 12.6 Å². The van der Waals surface area contributed by atoms with E-state index in [-0.39, 0.29) is 0 Å². The van der Waals surface area contributed by atoms with E-state index < -0.39 is 0 Å². The van der Waals surface area contributed by atoms with Crippen molar-refractivity contribution in [2.75, 3.05) is 0 Å². The number of hydrogen-bond acceptors (Lipinski definition) is 2. The zero-order valence-electron chi connectivity index (χ0n) is 7.16. The largest absolute Gasteiger partial charge is 0.171 e. The molecule has 0 aliphatic carbocycles. The van der Waals surface area contributed by atoms with Gasteiger partial charge in [-0.3, -0.25) is 0 Å². The van der Waals surface area contributed by atoms with Crippen LogP contribution in [0, 0.1) is 0 Å². The van der Waals surface area contributed by atoms with Crippen molar-refractivity contribution in [3.63, 3.8) is 0 Å². The third-order valence-corrected chi connectivity index (χ3v) is 3.28. The van der Waals surface area contributed by atoms with E-state index in [2.05, 4.69) is 44.8 Å². The van der Waals surface area contributed by atoms with Gasteiger partial charge < -0.3 is 0 Å². The van der Waals surface area contributed by atoms with Crippen LogP contribution in [-0.2, 0) is 0 Å². The fraction of sp³-hybridized carbons (Fsp3) is 0.556. The first-order chi connectivity index (χ1) is 5.13. The Hall–Kier alpha value is 0.0500. The maximum Gasteiger partial charge on any atom is 0.0335 e. The van der Waals surface area contributed by atoms with Gasteiger partial charge in [-0.15, -0.1) is 11.3 Å². The van der Waals surface area contributed by atoms with Gasteiger partial charge in [0.05, 0.1) is 0 Å². The minimum Gasteiger partial charge on any atom is -0.171 e. The lowest BCUT2D eigenvalue weighted by molar-refractivity contribution is 0.853. The third kappa shape index (κ3) is 2.00. The second kappa shape index (κ2) is 3.63. The van der Waals surface area contributed by atoms with Gasteiger partial charge in [-0.1, -0.05) is 13.8 Å². The van der Waals surface area contributed by atoms with Crippen molar-refractivity contribution in [2.45, 2.75) is 31.9 Å². The molecule has 0 saturated carbocycles. The molecule has 0 aliphatic rings. The van der Waals surface area contributed by atoms with Crippen LogP contribution in [0.15, 0.2) is 11.4 Å². The highest BCUT2D eigenvalue weighted by Crippen LogP contribution is 2.32. The molecule has 1 heterocycles. The van der Waals surface area contributed by atoms with Crippen molar-refractivity contribution in [1.29, 1.82) is 0 Å². The molecule has 1 aromatic heterocycles. The molecule has 62 valence electrons. The van der Waals surface area contributed by atoms with Gasteiger partial charge in [-0.25, -0.2) is 0 Å². The Bertz CT molecular complexity index is 201. The highest BCUT2D eigenvalue weighted by molar-refractivity contribution is 7.80. The summed E-state index contributed by atoms with van der Waals surface area (Å²) in [5.74, 6) is 0.630. The molecule has 0 radical (unpaired) electrons. The average molecular weight is 186 g/mol. The average Bonchev–Trinajstić information content (AvgIpc) is 2.32. The van der Waals surface area contributed by atoms with Crippen LogP contribution in [0.1, 0.15) is 42.4 Å². The number of hydrogen-bond donors (Lipinski definition) is 1. The van der Waals surface area contributed by atoms with Crippen molar-refractivity contribution in [3.8, 4) is 0 Å². The fourth-order valence-corrected chi connectivity index (χ4v) is 2.48. The Kier molecular flexibility index (Phi) is 3.02. The monoisotopic (exact) mass is 186 g/mol. The second-order valence-electron chi connectivity index (χ2n) is 3.07. The molecule has 0 N–H and O–H groups in total. The summed E-state index contributed by atoms with van der Waals surface area (Å²) >= 11 is 6.24. The number of rotatable bonds is 2. The smallest absolute Gasteiger partial charge is 0.0335 e. The maximum atomic E-state index is 4.43. The van der Waals surface area contributed by atoms with Gasteiger partial charge in [0, 0.05) is 10.1 Å². The molecule has 0 fully saturated rings. The Morgan fingerprint density at radius 2 is 2.00 bits per heavy atom. The lowest BCUT2D eigenvalue weighted by Gasteiger charge is -2.08. The van der Waals surface area contributed by atoms with E-state index in [4.69, 9.17) is 0 Å². The van der Waals surface area contributed by atoms with Gasteiger partial charge in [0.2, 0.25) is 0 Å². The Morgan fingerprint density at radius 3 is 2.36 bits per heavy atom. The van der Waals surface area contributed by atoms with Crippen molar-refractivity contribution >= 4 is 24.0 Å². The van der Waals surface area contributed by atoms with Gasteiger partial charge in [0.1, 0.15) is 0 Å². The van der Waals surface area contributed by atoms with Crippen LogP contribution in [-0.4, -0.2) is 0 Å². The molecule has 0 bridgehead atoms. The quantitative estimate of drug-likeness (QED) is 0.666. The van der Waals surface area contributed by atoms with Gasteiger partial charge in [0.25, 0.3) is 0 Å². The molecule has 0 aromatic carbocycles. The summed E-state index contributed by atoms with van der Waals surface area (Å²) in [6.07, 6.45) is 0. The maximum absolute atomic E-state index is 4.43. The van der Waals surface area contributed by atoms with Crippen molar-refractivity contribution in [1.82, 2.24) is 0 Å². The van der Waals surface area contributed by atoms with Crippen LogP contribution in [0.3, 0.4) is 0 Å². The van der Waals surface area contributed by atoms with Crippen LogP contribution in [0.25, 0.3) is 0 Å². The molecular formula is C9H14S2. The van der Waals surface area contributed by atoms with E-state index in [0.717, 1.165) is 0 Å². The lowest BCUT2D eigenvalue weighted by atomic mass is 10.0. The molecule has 1 aromatic rings. The van der Waals surface area contributed by atoms with E-state index in [0.29, 0.717) is 11.2 Å². The van der Waals surface area contributed by atoms with E-state index in [1.807, 2.05) is 11.3 Å². The fourth-order valence-electron chi connectivity index (χ4n) is 1.15. The summed E-state index contributed by atoms with van der Waals surface area (Å²) in [5.41, 5.74) is 1.46. The summed E-state index contributed by atoms with van der Waals surface area (Å²) in [7, 11) is 0. The third-order valence-electron chi connectivity index (χ3n) is 1.73. The molecule has 0 nitrogen and oxygen atoms in total. The van der Waals surface area contributed by atoms with Crippen molar-refractivity contribution < 1.29 is 0 Å². The van der Waals surface area contributed by atoms with Gasteiger partial charge in [-0.05, 0) is 29.9 Å². The highest BCUT2D eigenvalue weighted by Gasteiger charge is 2.10. The molecule has 0 saturated heterocycles. The molecule has 1 rings (SSSR count). The van der Waals surface area contributed by atoms with Crippen LogP contribution >= 0.6 is 24.0 Å². The summed E-state index contributed by atoms with van der Waals surface area (Å²) in [6, 6.07) is 2.21. The molecule has 2 heteroatoms. The van der Waals surface area contributed by atoms with Crippen LogP contribution < -0.4 is 0 Å². The number of thiophene rings is 1. The number of thiol groups is 1. The van der Waals surface area contributed by atoms with E-state index in [1.165, 1.54) is 10.4 Å². The zero-order valence-corrected chi connectivity index (χ0v) is 8.88. The topological polar surface area (TPSA) is 0 Å². The highest BCUT2D eigenvalue weighted by atomic mass is 32.1. The van der Waals surface area contributed by atoms with E-state index in [1.54, 1.807) is 0 Å². The predicted octanol–water partition coefficient (Wildman–Crippen LogP) is 3.86. The standard InChI is InChI=1S/C9H14S2/c1-6(2)8-4-5-11-9(8)7(3)10/h4-7,10H,1-3H3. The molecular weight excluding hydrogens is 172 g/mol. The molecule has 0 spiro atoms. The summed E-state index contributed by atoms with van der Waals surface area (Å²) < 4.78 is 0. The summed E-state index contributed by atoms with van der Waals surface area (Å²) in [4.78, 5) is 1.42. The normalized spacial score (nSPS) is 13.9. The Morgan fingerprint density at radius 1 is 1.36 bits per heavy atom. The first-order valence-corrected chi connectivity index (χ1v) is 5.28. The second-order valence-corrected chi connectivity index (χ2v) is 4.79. The lowest BCUT2D eigenvalue weighted by Crippen LogP contribution is -1.90. The van der Waals surface area contributed by atoms with Crippen LogP contribution in [0.4, 0.5) is 0 Å². The predicted molar refractivity (Wildman–Crippen MR) is 55.8 cm³/mol. The van der Waals surface area contributed by atoms with E-state index >= 15 is 0 Å². The molecule has 1 atom stereocenters. The zero-order chi connectivity index (χ0) is 8.43. The van der Waals surface area contributed by atoms with E-state index in [9.17, 15) is 0 Å². The van der Waals surface area contributed by atoms with Crippen LogP contribution in [0.5, 0.6) is 0 Å². The molecule has 1 unspecified atom stereocenters. The first kappa shape index (κ1) is 9.14. The SMILES string of the molecule is CC(C)c1ccsc1C(C)S. The molecule has 0 aliphatic heterocycles. The van der Waals surface area contributed by atoms with Gasteiger partial charge >= 0.3 is 0 Å². The summed E-state index contributed by atoms with van der Waals surface area (Å²) in [6.45, 7) is 6.57. The first-order valence-electron chi connectivity index (χ1n) is 3.88. The van der Waals surface area contributed by atoms with Crippen molar-refractivity contribution in [2.24, 2.45) is 0 Å². The minimum absolute atomic E-state index is 0.382. The minimum atomic E-state index is 0.382. The molecule has 11 heavy (non-hydrogen) atoms. The Labute approximate surface area is 78.1 Å². The van der Waals surface area contributed by atoms with Gasteiger partial charge in [0.15, 0.2) is 0 Å². The summed E-state index contributed by atoms with van der Waals surface area (Å²) in [5, 5.41) is 2.53. The van der Waals surface area contributed by atoms with Crippen LogP contribution in [0.2, 0.25) is 0 Å². The molecule has 0 amide bonds. The Balaban J connectivity index is 2.96.